The second-order valence-corrected chi connectivity index (χ2v) is 6.73. The predicted molar refractivity (Wildman–Crippen MR) is 103 cm³/mol. The van der Waals surface area contributed by atoms with Crippen LogP contribution >= 0.6 is 0 Å². The van der Waals surface area contributed by atoms with Crippen molar-refractivity contribution in [2.24, 2.45) is 0 Å². The van der Waals surface area contributed by atoms with Crippen LogP contribution in [0.4, 0.5) is 10.2 Å². The molecule has 6 heteroatoms. The van der Waals surface area contributed by atoms with E-state index in [9.17, 15) is 4.39 Å². The number of halogens is 1. The molecule has 0 radical (unpaired) electrons. The molecule has 0 bridgehead atoms. The summed E-state index contributed by atoms with van der Waals surface area (Å²) in [5.41, 5.74) is 3.44. The van der Waals surface area contributed by atoms with Crippen molar-refractivity contribution in [3.05, 3.63) is 82.8 Å². The van der Waals surface area contributed by atoms with Gasteiger partial charge in [0.05, 0.1) is 0 Å². The van der Waals surface area contributed by atoms with E-state index >= 15 is 0 Å². The lowest BCUT2D eigenvalue weighted by Crippen LogP contribution is -2.13. The Bertz CT molecular complexity index is 997. The zero-order valence-corrected chi connectivity index (χ0v) is 15.0. The Morgan fingerprint density at radius 1 is 1.19 bits per heavy atom. The Morgan fingerprint density at radius 2 is 2.00 bits per heavy atom. The highest BCUT2D eigenvalue weighted by Gasteiger charge is 2.26. The summed E-state index contributed by atoms with van der Waals surface area (Å²) in [6.07, 6.45) is 5.86. The summed E-state index contributed by atoms with van der Waals surface area (Å²) in [6, 6.07) is 10.2. The zero-order valence-electron chi connectivity index (χ0n) is 15.0. The van der Waals surface area contributed by atoms with Crippen LogP contribution in [-0.4, -0.2) is 20.7 Å². The van der Waals surface area contributed by atoms with Crippen LogP contribution in [0.5, 0.6) is 0 Å². The molecule has 5 nitrogen and oxygen atoms in total. The van der Waals surface area contributed by atoms with Crippen LogP contribution in [0, 0.1) is 18.2 Å². The number of pyridine rings is 1. The van der Waals surface area contributed by atoms with Gasteiger partial charge in [-0.05, 0) is 49.4 Å². The lowest BCUT2D eigenvalue weighted by atomic mass is 10.1. The van der Waals surface area contributed by atoms with E-state index in [1.165, 1.54) is 24.5 Å². The van der Waals surface area contributed by atoms with Gasteiger partial charge in [0.2, 0.25) is 0 Å². The molecule has 2 N–H and O–H groups in total. The maximum Gasteiger partial charge on any atom is 0.178 e. The van der Waals surface area contributed by atoms with Crippen molar-refractivity contribution in [3.8, 4) is 0 Å². The minimum Gasteiger partial charge on any atom is -0.365 e. The van der Waals surface area contributed by atoms with Gasteiger partial charge >= 0.3 is 0 Å². The Hall–Kier alpha value is -3.15. The van der Waals surface area contributed by atoms with Gasteiger partial charge in [-0.2, -0.15) is 0 Å². The number of nitrogens with zero attached hydrogens (tertiary/aromatic N) is 3. The number of aryl methyl sites for hydroxylation is 1. The van der Waals surface area contributed by atoms with Gasteiger partial charge in [0, 0.05) is 35.8 Å². The van der Waals surface area contributed by atoms with Crippen LogP contribution in [0.3, 0.4) is 0 Å². The molecule has 3 aromatic rings. The smallest absolute Gasteiger partial charge is 0.178 e. The molecule has 1 saturated carbocycles. The van der Waals surface area contributed by atoms with Crippen LogP contribution in [0.25, 0.3) is 0 Å². The molecule has 0 aliphatic heterocycles. The molecule has 136 valence electrons. The molecule has 0 unspecified atom stereocenters. The summed E-state index contributed by atoms with van der Waals surface area (Å²) in [5.74, 6) is 1.19. The second kappa shape index (κ2) is 7.23. The lowest BCUT2D eigenvalue weighted by Gasteiger charge is -2.12. The third-order valence-electron chi connectivity index (χ3n) is 4.74. The maximum atomic E-state index is 13.8. The summed E-state index contributed by atoms with van der Waals surface area (Å²) >= 11 is 0. The number of aromatic nitrogens is 3. The van der Waals surface area contributed by atoms with Gasteiger partial charge in [-0.15, -0.1) is 0 Å². The van der Waals surface area contributed by atoms with Crippen molar-refractivity contribution in [3.63, 3.8) is 0 Å². The number of rotatable bonds is 6. The van der Waals surface area contributed by atoms with Crippen LogP contribution in [0.2, 0.25) is 0 Å². The van der Waals surface area contributed by atoms with E-state index in [2.05, 4.69) is 20.3 Å². The van der Waals surface area contributed by atoms with Crippen LogP contribution < -0.4 is 5.32 Å². The fourth-order valence-corrected chi connectivity index (χ4v) is 3.08. The van der Waals surface area contributed by atoms with Gasteiger partial charge < -0.3 is 5.32 Å². The normalized spacial score (nSPS) is 13.4. The molecule has 0 atom stereocenters. The summed E-state index contributed by atoms with van der Waals surface area (Å²) in [5, 5.41) is 11.7. The Morgan fingerprint density at radius 3 is 2.74 bits per heavy atom. The monoisotopic (exact) mass is 361 g/mol. The fourth-order valence-electron chi connectivity index (χ4n) is 3.08. The van der Waals surface area contributed by atoms with Crippen molar-refractivity contribution in [1.29, 1.82) is 5.41 Å². The summed E-state index contributed by atoms with van der Waals surface area (Å²) in [6.45, 7) is 2.25. The topological polar surface area (TPSA) is 74.6 Å². The first-order chi connectivity index (χ1) is 13.1. The average molecular weight is 361 g/mol. The highest BCUT2D eigenvalue weighted by atomic mass is 19.1. The lowest BCUT2D eigenvalue weighted by molar-refractivity contribution is 0.613. The van der Waals surface area contributed by atoms with Gasteiger partial charge in [0.15, 0.2) is 5.82 Å². The van der Waals surface area contributed by atoms with E-state index in [-0.39, 0.29) is 18.1 Å². The largest absolute Gasteiger partial charge is 0.365 e. The minimum absolute atomic E-state index is 0.199. The molecule has 1 aromatic carbocycles. The van der Waals surface area contributed by atoms with Crippen molar-refractivity contribution < 1.29 is 4.39 Å². The molecular formula is C21H20FN5. The molecule has 2 heterocycles. The zero-order chi connectivity index (χ0) is 18.8. The summed E-state index contributed by atoms with van der Waals surface area (Å²) < 4.78 is 13.8. The molecule has 0 spiro atoms. The van der Waals surface area contributed by atoms with Crippen LogP contribution in [-0.2, 0) is 6.54 Å². The van der Waals surface area contributed by atoms with Gasteiger partial charge in [-0.3, -0.25) is 5.41 Å². The number of hydrogen-bond donors (Lipinski definition) is 2. The Labute approximate surface area is 157 Å². The van der Waals surface area contributed by atoms with Gasteiger partial charge in [-0.25, -0.2) is 19.3 Å². The summed E-state index contributed by atoms with van der Waals surface area (Å²) in [7, 11) is 0. The van der Waals surface area contributed by atoms with Crippen LogP contribution in [0.15, 0.2) is 48.8 Å². The van der Waals surface area contributed by atoms with E-state index in [4.69, 9.17) is 5.41 Å². The third kappa shape index (κ3) is 3.69. The van der Waals surface area contributed by atoms with Gasteiger partial charge in [0.1, 0.15) is 17.3 Å². The molecule has 0 amide bonds. The second-order valence-electron chi connectivity index (χ2n) is 6.73. The van der Waals surface area contributed by atoms with E-state index in [0.29, 0.717) is 28.7 Å². The van der Waals surface area contributed by atoms with Crippen molar-refractivity contribution in [2.75, 3.05) is 5.32 Å². The molecule has 27 heavy (non-hydrogen) atoms. The van der Waals surface area contributed by atoms with E-state index in [0.717, 1.165) is 5.69 Å². The third-order valence-corrected chi connectivity index (χ3v) is 4.74. The van der Waals surface area contributed by atoms with Crippen LogP contribution in [0.1, 0.15) is 47.0 Å². The van der Waals surface area contributed by atoms with Crippen molar-refractivity contribution in [2.45, 2.75) is 32.2 Å². The average Bonchev–Trinajstić information content (AvgIpc) is 3.52. The van der Waals surface area contributed by atoms with Gasteiger partial charge in [-0.1, -0.05) is 18.2 Å². The molecule has 1 aliphatic carbocycles. The Kier molecular flexibility index (Phi) is 4.62. The summed E-state index contributed by atoms with van der Waals surface area (Å²) in [4.78, 5) is 13.3. The van der Waals surface area contributed by atoms with E-state index in [1.807, 2.05) is 13.1 Å². The molecule has 1 aliphatic rings. The number of hydrogen-bond acceptors (Lipinski definition) is 5. The van der Waals surface area contributed by atoms with E-state index in [1.54, 1.807) is 36.5 Å². The van der Waals surface area contributed by atoms with Crippen molar-refractivity contribution >= 4 is 11.5 Å². The Balaban J connectivity index is 1.57. The first kappa shape index (κ1) is 17.3. The highest BCUT2D eigenvalue weighted by molar-refractivity contribution is 6.11. The number of anilines is 1. The van der Waals surface area contributed by atoms with Crippen molar-refractivity contribution in [1.82, 2.24) is 15.0 Å². The molecule has 2 aromatic heterocycles. The maximum absolute atomic E-state index is 13.8. The fraction of sp³-hybridized carbons (Fsp3) is 0.238. The quantitative estimate of drug-likeness (QED) is 0.645. The molecule has 4 rings (SSSR count). The van der Waals surface area contributed by atoms with Gasteiger partial charge in [0.25, 0.3) is 0 Å². The molecular weight excluding hydrogens is 341 g/mol. The highest BCUT2D eigenvalue weighted by Crippen LogP contribution is 2.40. The standard InChI is InChI=1S/C21H20FN5/c1-13-17(14-8-9-14)12-26-21(27-13)19(23)16-6-4-10-24-20(16)25-11-15-5-2-3-7-18(15)22/h2-7,10,12,14,23H,8-9,11H2,1H3,(H,24,25). The number of benzene rings is 1. The van der Waals surface area contributed by atoms with E-state index < -0.39 is 0 Å². The SMILES string of the molecule is Cc1nc(C(=N)c2cccnc2NCc2ccccc2F)ncc1C1CC1. The minimum atomic E-state index is -0.271. The molecule has 1 fully saturated rings. The first-order valence-corrected chi connectivity index (χ1v) is 8.98. The predicted octanol–water partition coefficient (Wildman–Crippen LogP) is 4.22. The number of nitrogens with one attached hydrogen (secondary N) is 2. The first-order valence-electron chi connectivity index (χ1n) is 8.98. The molecule has 0 saturated heterocycles.